The molecule has 0 aromatic heterocycles. The van der Waals surface area contributed by atoms with Gasteiger partial charge < -0.3 is 14.4 Å². The Morgan fingerprint density at radius 2 is 1.48 bits per heavy atom. The zero-order valence-corrected chi connectivity index (χ0v) is 12.5. The van der Waals surface area contributed by atoms with Crippen LogP contribution in [0.5, 0.6) is 0 Å². The summed E-state index contributed by atoms with van der Waals surface area (Å²) in [5.41, 5.74) is 1.78. The summed E-state index contributed by atoms with van der Waals surface area (Å²) in [5, 5.41) is 3.29. The van der Waals surface area contributed by atoms with Crippen molar-refractivity contribution in [2.24, 2.45) is 0 Å². The van der Waals surface area contributed by atoms with Crippen molar-refractivity contribution in [1.29, 1.82) is 0 Å². The van der Waals surface area contributed by atoms with E-state index in [1.807, 2.05) is 60.7 Å². The molecule has 5 heteroatoms. The Morgan fingerprint density at radius 3 is 2.10 bits per heavy atom. The van der Waals surface area contributed by atoms with Gasteiger partial charge in [-0.2, -0.15) is 0 Å². The van der Waals surface area contributed by atoms with Gasteiger partial charge in [-0.15, -0.1) is 0 Å². The number of nitrogens with one attached hydrogen (secondary N) is 1. The molecule has 0 saturated carbocycles. The summed E-state index contributed by atoms with van der Waals surface area (Å²) in [7, 11) is -3.22. The lowest BCUT2D eigenvalue weighted by Crippen LogP contribution is -2.19. The van der Waals surface area contributed by atoms with E-state index in [2.05, 4.69) is 5.32 Å². The minimum Gasteiger partial charge on any atom is -0.368 e. The molecule has 1 aliphatic heterocycles. The molecule has 0 radical (unpaired) electrons. The molecule has 110 valence electrons. The Bertz CT molecular complexity index is 608. The van der Waals surface area contributed by atoms with Crippen LogP contribution in [0.4, 0.5) is 5.69 Å². The number of anilines is 1. The second-order valence-electron chi connectivity index (χ2n) is 4.88. The van der Waals surface area contributed by atoms with E-state index in [4.69, 9.17) is 9.05 Å². The summed E-state index contributed by atoms with van der Waals surface area (Å²) in [4.78, 5) is 0. The van der Waals surface area contributed by atoms with E-state index in [1.165, 1.54) is 0 Å². The number of benzene rings is 2. The highest BCUT2D eigenvalue weighted by molar-refractivity contribution is 7.54. The summed E-state index contributed by atoms with van der Waals surface area (Å²) >= 11 is 0. The van der Waals surface area contributed by atoms with Crippen LogP contribution < -0.4 is 5.32 Å². The second-order valence-corrected chi connectivity index (χ2v) is 7.00. The molecule has 0 aliphatic carbocycles. The molecule has 2 aromatic carbocycles. The van der Waals surface area contributed by atoms with Crippen molar-refractivity contribution in [2.75, 3.05) is 18.5 Å². The first-order chi connectivity index (χ1) is 10.3. The maximum atomic E-state index is 13.0. The standard InChI is InChI=1S/C16H18NO3P/c18-21(19-12-7-13-20-21)16(14-8-3-1-4-9-14)17-15-10-5-2-6-11-15/h1-6,8-11,16-17H,7,12-13H2. The van der Waals surface area contributed by atoms with Crippen molar-refractivity contribution in [3.05, 3.63) is 66.2 Å². The summed E-state index contributed by atoms with van der Waals surface area (Å²) in [6, 6.07) is 19.3. The van der Waals surface area contributed by atoms with Gasteiger partial charge in [-0.3, -0.25) is 4.57 Å². The molecular formula is C16H18NO3P. The van der Waals surface area contributed by atoms with Gasteiger partial charge >= 0.3 is 7.60 Å². The fourth-order valence-electron chi connectivity index (χ4n) is 2.30. The lowest BCUT2D eigenvalue weighted by Gasteiger charge is -2.31. The normalized spacial score (nSPS) is 18.9. The van der Waals surface area contributed by atoms with Gasteiger partial charge in [0.2, 0.25) is 0 Å². The number of hydrogen-bond donors (Lipinski definition) is 1. The van der Waals surface area contributed by atoms with E-state index in [1.54, 1.807) is 0 Å². The molecule has 1 heterocycles. The molecule has 2 aromatic rings. The van der Waals surface area contributed by atoms with E-state index >= 15 is 0 Å². The lowest BCUT2D eigenvalue weighted by molar-refractivity contribution is 0.142. The minimum atomic E-state index is -3.22. The van der Waals surface area contributed by atoms with E-state index in [9.17, 15) is 4.57 Å². The molecule has 1 fully saturated rings. The van der Waals surface area contributed by atoms with Crippen molar-refractivity contribution in [3.8, 4) is 0 Å². The Hall–Kier alpha value is -1.61. The predicted octanol–water partition coefficient (Wildman–Crippen LogP) is 4.43. The minimum absolute atomic E-state index is 0.469. The molecule has 0 spiro atoms. The van der Waals surface area contributed by atoms with Crippen LogP contribution >= 0.6 is 7.60 Å². The Balaban J connectivity index is 1.93. The smallest absolute Gasteiger partial charge is 0.357 e. The third-order valence-electron chi connectivity index (χ3n) is 3.34. The van der Waals surface area contributed by atoms with Gasteiger partial charge in [0.1, 0.15) is 0 Å². The zero-order valence-electron chi connectivity index (χ0n) is 11.6. The van der Waals surface area contributed by atoms with Crippen LogP contribution in [-0.2, 0) is 13.6 Å². The van der Waals surface area contributed by atoms with Crippen LogP contribution in [0.25, 0.3) is 0 Å². The Morgan fingerprint density at radius 1 is 0.905 bits per heavy atom. The van der Waals surface area contributed by atoms with Gasteiger partial charge in [0.15, 0.2) is 5.78 Å². The monoisotopic (exact) mass is 303 g/mol. The quantitative estimate of drug-likeness (QED) is 0.849. The summed E-state index contributed by atoms with van der Waals surface area (Å²) in [5.74, 6) is -0.499. The van der Waals surface area contributed by atoms with E-state index in [0.717, 1.165) is 17.7 Å². The Labute approximate surface area is 124 Å². The van der Waals surface area contributed by atoms with Crippen molar-refractivity contribution in [3.63, 3.8) is 0 Å². The van der Waals surface area contributed by atoms with E-state index in [0.29, 0.717) is 13.2 Å². The number of rotatable bonds is 4. The molecule has 3 rings (SSSR count). The fraction of sp³-hybridized carbons (Fsp3) is 0.250. The predicted molar refractivity (Wildman–Crippen MR) is 83.4 cm³/mol. The highest BCUT2D eigenvalue weighted by atomic mass is 31.2. The summed E-state index contributed by atoms with van der Waals surface area (Å²) in [6.07, 6.45) is 0.775. The van der Waals surface area contributed by atoms with Crippen molar-refractivity contribution >= 4 is 13.3 Å². The van der Waals surface area contributed by atoms with Gasteiger partial charge in [-0.25, -0.2) is 0 Å². The van der Waals surface area contributed by atoms with Crippen molar-refractivity contribution in [1.82, 2.24) is 0 Å². The van der Waals surface area contributed by atoms with E-state index in [-0.39, 0.29) is 0 Å². The molecule has 1 N–H and O–H groups in total. The van der Waals surface area contributed by atoms with Crippen LogP contribution in [0, 0.1) is 0 Å². The lowest BCUT2D eigenvalue weighted by atomic mass is 10.2. The van der Waals surface area contributed by atoms with E-state index < -0.39 is 13.4 Å². The highest BCUT2D eigenvalue weighted by Crippen LogP contribution is 2.62. The fourth-order valence-corrected chi connectivity index (χ4v) is 4.29. The van der Waals surface area contributed by atoms with Crippen molar-refractivity contribution in [2.45, 2.75) is 12.2 Å². The zero-order chi connectivity index (χ0) is 14.5. The SMILES string of the molecule is O=P1(C(Nc2ccccc2)c2ccccc2)OCCCO1. The first-order valence-corrected chi connectivity index (χ1v) is 8.64. The second kappa shape index (κ2) is 6.44. The summed E-state index contributed by atoms with van der Waals surface area (Å²) in [6.45, 7) is 0.939. The van der Waals surface area contributed by atoms with Crippen LogP contribution in [0.15, 0.2) is 60.7 Å². The molecule has 1 unspecified atom stereocenters. The maximum absolute atomic E-state index is 13.0. The average Bonchev–Trinajstić information content (AvgIpc) is 2.55. The van der Waals surface area contributed by atoms with Crippen LogP contribution in [0.3, 0.4) is 0 Å². The van der Waals surface area contributed by atoms with Gasteiger partial charge in [-0.05, 0) is 24.1 Å². The third kappa shape index (κ3) is 3.35. The molecule has 21 heavy (non-hydrogen) atoms. The summed E-state index contributed by atoms with van der Waals surface area (Å²) < 4.78 is 24.1. The van der Waals surface area contributed by atoms with Gasteiger partial charge in [0.25, 0.3) is 0 Å². The van der Waals surface area contributed by atoms with Crippen LogP contribution in [0.1, 0.15) is 17.8 Å². The third-order valence-corrected chi connectivity index (χ3v) is 5.48. The molecule has 0 amide bonds. The molecule has 0 bridgehead atoms. The number of hydrogen-bond acceptors (Lipinski definition) is 4. The molecule has 1 saturated heterocycles. The Kier molecular flexibility index (Phi) is 4.39. The molecule has 1 atom stereocenters. The first kappa shape index (κ1) is 14.3. The maximum Gasteiger partial charge on any atom is 0.357 e. The molecule has 1 aliphatic rings. The first-order valence-electron chi connectivity index (χ1n) is 7.03. The van der Waals surface area contributed by atoms with Crippen molar-refractivity contribution < 1.29 is 13.6 Å². The molecular weight excluding hydrogens is 285 g/mol. The van der Waals surface area contributed by atoms with Crippen LogP contribution in [-0.4, -0.2) is 13.2 Å². The van der Waals surface area contributed by atoms with Crippen LogP contribution in [0.2, 0.25) is 0 Å². The average molecular weight is 303 g/mol. The van der Waals surface area contributed by atoms with Gasteiger partial charge in [-0.1, -0.05) is 48.5 Å². The number of para-hydroxylation sites is 1. The largest absolute Gasteiger partial charge is 0.368 e. The molecule has 4 nitrogen and oxygen atoms in total. The topological polar surface area (TPSA) is 47.6 Å². The van der Waals surface area contributed by atoms with Gasteiger partial charge in [0, 0.05) is 5.69 Å². The highest BCUT2D eigenvalue weighted by Gasteiger charge is 2.39. The van der Waals surface area contributed by atoms with Gasteiger partial charge in [0.05, 0.1) is 13.2 Å².